The van der Waals surface area contributed by atoms with E-state index in [1.807, 2.05) is 0 Å². The van der Waals surface area contributed by atoms with Crippen LogP contribution >= 0.6 is 0 Å². The van der Waals surface area contributed by atoms with Crippen LogP contribution in [0.2, 0.25) is 0 Å². The minimum atomic E-state index is -4.77. The van der Waals surface area contributed by atoms with Gasteiger partial charge in [-0.3, -0.25) is 0 Å². The first-order valence-corrected chi connectivity index (χ1v) is 3.46. The fraction of sp³-hybridized carbons (Fsp3) is 0.571. The Balaban J connectivity index is 4.09. The van der Waals surface area contributed by atoms with E-state index in [2.05, 4.69) is 9.47 Å². The first-order chi connectivity index (χ1) is 5.85. The number of hydrogen-bond acceptors (Lipinski definition) is 3. The Morgan fingerprint density at radius 1 is 1.46 bits per heavy atom. The maximum atomic E-state index is 11.5. The molecule has 0 aromatic rings. The molecule has 0 aliphatic heterocycles. The molecule has 0 bridgehead atoms. The minimum absolute atomic E-state index is 0.106. The van der Waals surface area contributed by atoms with E-state index in [-0.39, 0.29) is 6.61 Å². The fourth-order valence-corrected chi connectivity index (χ4v) is 0.562. The van der Waals surface area contributed by atoms with Crippen molar-refractivity contribution >= 4 is 5.97 Å². The first-order valence-electron chi connectivity index (χ1n) is 3.46. The number of ether oxygens (including phenoxy) is 2. The molecule has 0 N–H and O–H groups in total. The number of rotatable bonds is 3. The Kier molecular flexibility index (Phi) is 4.30. The molecule has 0 rings (SSSR count). The van der Waals surface area contributed by atoms with Crippen LogP contribution < -0.4 is 0 Å². The van der Waals surface area contributed by atoms with Crippen LogP contribution in [0, 0.1) is 0 Å². The highest BCUT2D eigenvalue weighted by molar-refractivity contribution is 5.82. The number of halogens is 3. The van der Waals surface area contributed by atoms with E-state index in [0.717, 1.165) is 6.92 Å². The van der Waals surface area contributed by atoms with Crippen molar-refractivity contribution in [2.24, 2.45) is 0 Å². The van der Waals surface area contributed by atoms with Crippen molar-refractivity contribution in [3.05, 3.63) is 11.8 Å². The van der Waals surface area contributed by atoms with Gasteiger partial charge in [0, 0.05) is 0 Å². The molecule has 0 fully saturated rings. The Labute approximate surface area is 73.1 Å². The predicted molar refractivity (Wildman–Crippen MR) is 37.5 cm³/mol. The van der Waals surface area contributed by atoms with Gasteiger partial charge in [0.1, 0.15) is 5.76 Å². The SMILES string of the molecule is CCOC(=O)/C=C(\C)OC(F)(F)F. The molecule has 0 atom stereocenters. The van der Waals surface area contributed by atoms with Crippen molar-refractivity contribution in [3.8, 4) is 0 Å². The van der Waals surface area contributed by atoms with Crippen LogP contribution in [0.1, 0.15) is 13.8 Å². The summed E-state index contributed by atoms with van der Waals surface area (Å²) < 4.78 is 42.4. The highest BCUT2D eigenvalue weighted by Crippen LogP contribution is 2.20. The molecule has 3 nitrogen and oxygen atoms in total. The van der Waals surface area contributed by atoms with E-state index in [1.165, 1.54) is 0 Å². The molecule has 0 amide bonds. The van der Waals surface area contributed by atoms with E-state index in [9.17, 15) is 18.0 Å². The lowest BCUT2D eigenvalue weighted by atomic mass is 10.5. The summed E-state index contributed by atoms with van der Waals surface area (Å²) in [6.45, 7) is 2.67. The van der Waals surface area contributed by atoms with Gasteiger partial charge in [-0.2, -0.15) is 0 Å². The summed E-state index contributed by atoms with van der Waals surface area (Å²) in [5.41, 5.74) is 0. The topological polar surface area (TPSA) is 35.5 Å². The van der Waals surface area contributed by atoms with Gasteiger partial charge in [0.05, 0.1) is 12.7 Å². The average molecular weight is 198 g/mol. The molecule has 0 saturated carbocycles. The van der Waals surface area contributed by atoms with E-state index >= 15 is 0 Å². The monoisotopic (exact) mass is 198 g/mol. The van der Waals surface area contributed by atoms with E-state index in [0.29, 0.717) is 6.08 Å². The Morgan fingerprint density at radius 3 is 2.38 bits per heavy atom. The molecule has 76 valence electrons. The van der Waals surface area contributed by atoms with Gasteiger partial charge in [-0.05, 0) is 13.8 Å². The second-order valence-electron chi connectivity index (χ2n) is 2.05. The van der Waals surface area contributed by atoms with Gasteiger partial charge in [0.2, 0.25) is 0 Å². The van der Waals surface area contributed by atoms with Crippen molar-refractivity contribution in [1.29, 1.82) is 0 Å². The first kappa shape index (κ1) is 11.8. The van der Waals surface area contributed by atoms with Gasteiger partial charge in [0.25, 0.3) is 0 Å². The number of allylic oxidation sites excluding steroid dienone is 1. The van der Waals surface area contributed by atoms with Gasteiger partial charge >= 0.3 is 12.3 Å². The van der Waals surface area contributed by atoms with Crippen LogP contribution in [0.5, 0.6) is 0 Å². The molecule has 0 saturated heterocycles. The summed E-state index contributed by atoms with van der Waals surface area (Å²) in [4.78, 5) is 10.6. The molecular formula is C7H9F3O3. The third kappa shape index (κ3) is 7.17. The Hall–Kier alpha value is -1.20. The summed E-state index contributed by atoms with van der Waals surface area (Å²) in [5, 5.41) is 0. The summed E-state index contributed by atoms with van der Waals surface area (Å²) in [5.74, 6) is -1.41. The number of carbonyl (C=O) groups excluding carboxylic acids is 1. The second-order valence-corrected chi connectivity index (χ2v) is 2.05. The summed E-state index contributed by atoms with van der Waals surface area (Å²) in [7, 11) is 0. The predicted octanol–water partition coefficient (Wildman–Crippen LogP) is 1.99. The lowest BCUT2D eigenvalue weighted by molar-refractivity contribution is -0.305. The van der Waals surface area contributed by atoms with Crippen LogP contribution in [-0.4, -0.2) is 18.9 Å². The van der Waals surface area contributed by atoms with Gasteiger partial charge in [-0.1, -0.05) is 0 Å². The summed E-state index contributed by atoms with van der Waals surface area (Å²) in [6.07, 6.45) is -4.13. The van der Waals surface area contributed by atoms with Crippen LogP contribution in [-0.2, 0) is 14.3 Å². The number of carbonyl (C=O) groups is 1. The zero-order chi connectivity index (χ0) is 10.5. The molecule has 0 aromatic heterocycles. The maximum absolute atomic E-state index is 11.5. The average Bonchev–Trinajstić information content (AvgIpc) is 1.81. The third-order valence-corrected chi connectivity index (χ3v) is 0.884. The normalized spacial score (nSPS) is 12.5. The van der Waals surface area contributed by atoms with Crippen molar-refractivity contribution in [1.82, 2.24) is 0 Å². The lowest BCUT2D eigenvalue weighted by Gasteiger charge is -2.08. The Bertz CT molecular complexity index is 208. The summed E-state index contributed by atoms with van der Waals surface area (Å²) >= 11 is 0. The fourth-order valence-electron chi connectivity index (χ4n) is 0.562. The molecule has 0 heterocycles. The van der Waals surface area contributed by atoms with Crippen molar-refractivity contribution in [2.45, 2.75) is 20.2 Å². The molecule has 0 unspecified atom stereocenters. The maximum Gasteiger partial charge on any atom is 0.572 e. The molecule has 0 radical (unpaired) electrons. The van der Waals surface area contributed by atoms with Crippen molar-refractivity contribution in [3.63, 3.8) is 0 Å². The van der Waals surface area contributed by atoms with E-state index in [1.54, 1.807) is 6.92 Å². The molecule has 6 heteroatoms. The molecular weight excluding hydrogens is 189 g/mol. The van der Waals surface area contributed by atoms with Crippen LogP contribution in [0.3, 0.4) is 0 Å². The molecule has 0 aliphatic rings. The van der Waals surface area contributed by atoms with Gasteiger partial charge < -0.3 is 9.47 Å². The smallest absolute Gasteiger partial charge is 0.463 e. The molecule has 0 spiro atoms. The van der Waals surface area contributed by atoms with Gasteiger partial charge in [-0.25, -0.2) is 4.79 Å². The quantitative estimate of drug-likeness (QED) is 0.395. The number of hydrogen-bond donors (Lipinski definition) is 0. The Morgan fingerprint density at radius 2 is 2.00 bits per heavy atom. The third-order valence-electron chi connectivity index (χ3n) is 0.884. The number of esters is 1. The summed E-state index contributed by atoms with van der Waals surface area (Å²) in [6, 6.07) is 0. The highest BCUT2D eigenvalue weighted by Gasteiger charge is 2.31. The van der Waals surface area contributed by atoms with Crippen LogP contribution in [0.4, 0.5) is 13.2 Å². The molecule has 13 heavy (non-hydrogen) atoms. The second kappa shape index (κ2) is 4.74. The lowest BCUT2D eigenvalue weighted by Crippen LogP contribution is -2.13. The molecule has 0 aromatic carbocycles. The largest absolute Gasteiger partial charge is 0.572 e. The zero-order valence-corrected chi connectivity index (χ0v) is 7.14. The number of alkyl halides is 3. The van der Waals surface area contributed by atoms with Crippen LogP contribution in [0.15, 0.2) is 11.8 Å². The van der Waals surface area contributed by atoms with Gasteiger partial charge in [0.15, 0.2) is 0 Å². The zero-order valence-electron chi connectivity index (χ0n) is 7.14. The van der Waals surface area contributed by atoms with Crippen LogP contribution in [0.25, 0.3) is 0 Å². The van der Waals surface area contributed by atoms with Crippen molar-refractivity contribution in [2.75, 3.05) is 6.61 Å². The molecule has 0 aliphatic carbocycles. The van der Waals surface area contributed by atoms with Gasteiger partial charge in [-0.15, -0.1) is 13.2 Å². The highest BCUT2D eigenvalue weighted by atomic mass is 19.4. The van der Waals surface area contributed by atoms with E-state index in [4.69, 9.17) is 0 Å². The van der Waals surface area contributed by atoms with Crippen molar-refractivity contribution < 1.29 is 27.4 Å². The standard InChI is InChI=1S/C7H9F3O3/c1-3-12-6(11)4-5(2)13-7(8,9)10/h4H,3H2,1-2H3/b5-4+. The minimum Gasteiger partial charge on any atom is -0.463 e. The van der Waals surface area contributed by atoms with E-state index < -0.39 is 18.1 Å².